The van der Waals surface area contributed by atoms with Gasteiger partial charge in [0.1, 0.15) is 35.8 Å². The highest BCUT2D eigenvalue weighted by molar-refractivity contribution is 5.97. The molecule has 0 saturated carbocycles. The maximum atomic E-state index is 11.7. The van der Waals surface area contributed by atoms with E-state index in [4.69, 9.17) is 67.3 Å². The molecule has 9 aromatic rings. The van der Waals surface area contributed by atoms with Gasteiger partial charge in [0, 0.05) is 106 Å². The number of likely N-dealkylation sites (tertiary alicyclic amines) is 3. The predicted molar refractivity (Wildman–Crippen MR) is 497 cm³/mol. The van der Waals surface area contributed by atoms with Crippen molar-refractivity contribution < 1.29 is 94.9 Å². The van der Waals surface area contributed by atoms with E-state index in [0.29, 0.717) is 49.9 Å². The number of nitrogens with zero attached hydrogens (tertiary/aromatic N) is 7. The van der Waals surface area contributed by atoms with E-state index in [0.717, 1.165) is 146 Å². The molecule has 8 aliphatic rings. The highest BCUT2D eigenvalue weighted by Gasteiger charge is 2.38. The highest BCUT2D eigenvalue weighted by Crippen LogP contribution is 2.40. The number of benzene rings is 6. The van der Waals surface area contributed by atoms with Crippen LogP contribution < -0.4 is 58.0 Å². The van der Waals surface area contributed by atoms with E-state index in [-0.39, 0.29) is 54.3 Å². The molecule has 0 spiro atoms. The van der Waals surface area contributed by atoms with Crippen molar-refractivity contribution in [1.29, 1.82) is 0 Å². The number of carbonyl (C=O) groups is 1. The number of carbonyl (C=O) groups excluding carboxylic acids is 1. The Morgan fingerprint density at radius 3 is 1.26 bits per heavy atom. The van der Waals surface area contributed by atoms with Crippen LogP contribution in [-0.4, -0.2) is 225 Å². The van der Waals surface area contributed by atoms with Crippen molar-refractivity contribution >= 4 is 22.4 Å². The number of aryl methyl sites for hydroxylation is 1. The van der Waals surface area contributed by atoms with Gasteiger partial charge in [-0.05, 0) is 322 Å². The van der Waals surface area contributed by atoms with Gasteiger partial charge in [-0.3, -0.25) is 9.78 Å². The number of amides is 1. The molecule has 11 heterocycles. The zero-order valence-electron chi connectivity index (χ0n) is 78.3. The number of rotatable bonds is 23. The first-order valence-electron chi connectivity index (χ1n) is 45.3. The second-order valence-electron chi connectivity index (χ2n) is 36.9. The number of fused-ring (bicyclic) bond motifs is 1. The van der Waals surface area contributed by atoms with E-state index in [1.54, 1.807) is 47.9 Å². The van der Waals surface area contributed by atoms with Gasteiger partial charge in [0.15, 0.2) is 35.5 Å². The van der Waals surface area contributed by atoms with Crippen LogP contribution in [0.3, 0.4) is 0 Å². The highest BCUT2D eigenvalue weighted by atomic mass is 127. The first kappa shape index (κ1) is 97.7. The molecule has 0 bridgehead atoms. The Kier molecular flexibility index (Phi) is 34.6. The van der Waals surface area contributed by atoms with E-state index in [9.17, 15) is 4.79 Å². The van der Waals surface area contributed by atoms with Crippen LogP contribution in [0.1, 0.15) is 173 Å². The van der Waals surface area contributed by atoms with Crippen LogP contribution in [0.15, 0.2) is 177 Å². The Labute approximate surface area is 771 Å². The monoisotopic (exact) mass is 1850 g/mol. The molecular weight excluding hydrogens is 1710 g/mol. The number of pyridine rings is 2. The molecule has 686 valence electrons. The van der Waals surface area contributed by atoms with Crippen LogP contribution in [0, 0.1) is 0 Å². The molecular formula is C104H139IN8O14. The standard InChI is InChI=1S/C29H38N4O2.C19H29NO3.C19H27NO3.C19H24NO3.C18H21NO3.HI/c1-31-13-7-21(8-14-31)23-5-6-28(35-2)24(19-23)9-15-32-16-11-26(12-17-32)33-18-10-22-3-4-25(29(30)34)20-27(22)33;3*1-19(2)22-13-17(23-19)12-16-11-15(5-6-18(16)21-4)14-7-9-20(3)10-8-14;1-18(2)21-12-16(22-18)11-15-10-14(4-5-17(15)20-3)13-6-8-19-9-7-13;/h3-6,10,18-21,26H,7-9,11-17H2,1-2H3,(H2,30,34);5-6,11,14,17H,7-10,12-13H2,1-4H3;5-7,11,17H,8-10,12-13H2,1-4H3;5-11,17H,12-13H2,1-4H3;4-10,16H,11-12H2,1-3H3;1H/q;;;+1;;/p-1. The van der Waals surface area contributed by atoms with Crippen LogP contribution >= 0.6 is 0 Å². The molecule has 127 heavy (non-hydrogen) atoms. The first-order valence-corrected chi connectivity index (χ1v) is 45.3. The minimum absolute atomic E-state index is 0. The maximum Gasteiger partial charge on any atom is 0.248 e. The lowest BCUT2D eigenvalue weighted by Crippen LogP contribution is -3.00. The minimum Gasteiger partial charge on any atom is -1.00 e. The van der Waals surface area contributed by atoms with E-state index < -0.39 is 23.1 Å². The Hall–Kier alpha value is -8.38. The molecule has 2 N–H and O–H groups in total. The van der Waals surface area contributed by atoms with Crippen molar-refractivity contribution in [2.45, 2.75) is 198 Å². The number of piperidine rings is 3. The molecule has 1 amide bonds. The fraction of sp³-hybridized carbons (Fsp3) is 0.510. The summed E-state index contributed by atoms with van der Waals surface area (Å²) in [5, 5.41) is 1.16. The minimum atomic E-state index is -0.499. The van der Waals surface area contributed by atoms with Gasteiger partial charge in [0.2, 0.25) is 5.91 Å². The maximum absolute atomic E-state index is 11.7. The van der Waals surface area contributed by atoms with Crippen molar-refractivity contribution in [3.8, 4) is 51.0 Å². The summed E-state index contributed by atoms with van der Waals surface area (Å²) >= 11 is 0. The third kappa shape index (κ3) is 27.4. The lowest BCUT2D eigenvalue weighted by atomic mass is 9.88. The lowest BCUT2D eigenvalue weighted by molar-refractivity contribution is -0.671. The van der Waals surface area contributed by atoms with Crippen LogP contribution in [0.25, 0.3) is 38.7 Å². The number of methoxy groups -OCH3 is 5. The fourth-order valence-electron chi connectivity index (χ4n) is 18.5. The van der Waals surface area contributed by atoms with Crippen molar-refractivity contribution in [2.24, 2.45) is 12.8 Å². The molecule has 8 aliphatic heterocycles. The number of primary amides is 1. The average Bonchev–Trinajstić information content (AvgIpc) is 1.66. The molecule has 3 aromatic heterocycles. The molecule has 0 aliphatic carbocycles. The molecule has 17 rings (SSSR count). The number of hydrogen-bond acceptors (Lipinski definition) is 19. The van der Waals surface area contributed by atoms with Gasteiger partial charge in [-0.15, -0.1) is 0 Å². The Morgan fingerprint density at radius 1 is 0.449 bits per heavy atom. The molecule has 22 nitrogen and oxygen atoms in total. The summed E-state index contributed by atoms with van der Waals surface area (Å²) in [7, 11) is 17.2. The van der Waals surface area contributed by atoms with Gasteiger partial charge in [0.05, 0.1) is 86.4 Å². The van der Waals surface area contributed by atoms with Crippen molar-refractivity contribution in [2.75, 3.05) is 142 Å². The second kappa shape index (κ2) is 45.0. The summed E-state index contributed by atoms with van der Waals surface area (Å²) in [6, 6.07) is 49.1. The molecule has 4 unspecified atom stereocenters. The third-order valence-electron chi connectivity index (χ3n) is 25.7. The molecule has 4 atom stereocenters. The van der Waals surface area contributed by atoms with Crippen molar-refractivity contribution in [3.05, 3.63) is 227 Å². The molecule has 23 heteroatoms. The largest absolute Gasteiger partial charge is 1.00 e. The zero-order chi connectivity index (χ0) is 89.3. The van der Waals surface area contributed by atoms with Crippen molar-refractivity contribution in [3.63, 3.8) is 0 Å². The van der Waals surface area contributed by atoms with Gasteiger partial charge in [-0.1, -0.05) is 54.6 Å². The fourth-order valence-corrected chi connectivity index (χ4v) is 18.5. The number of likely N-dealkylation sites (N-methyl/N-ethyl adjacent to an activating group) is 1. The van der Waals surface area contributed by atoms with E-state index in [2.05, 4.69) is 172 Å². The smallest absolute Gasteiger partial charge is 0.248 e. The number of nitrogens with two attached hydrogens (primary N) is 1. The summed E-state index contributed by atoms with van der Waals surface area (Å²) in [6.07, 6.45) is 25.0. The topological polar surface area (TPSA) is 198 Å². The van der Waals surface area contributed by atoms with Crippen LogP contribution in [0.5, 0.6) is 28.7 Å². The van der Waals surface area contributed by atoms with Gasteiger partial charge in [-0.2, -0.15) is 0 Å². The van der Waals surface area contributed by atoms with Gasteiger partial charge in [-0.25, -0.2) is 4.57 Å². The number of halogens is 1. The van der Waals surface area contributed by atoms with Crippen LogP contribution in [0.4, 0.5) is 0 Å². The predicted octanol–water partition coefficient (Wildman–Crippen LogP) is 14.1. The summed E-state index contributed by atoms with van der Waals surface area (Å²) in [6.45, 7) is 28.2. The SMILES string of the molecule is COc1ccc(-c2cc[n+](C)cc2)cc1CC1COC(C)(C)O1.COc1ccc(-c2ccncc2)cc1CC1COC(C)(C)O1.COc1ccc(C2=CCN(C)CC2)cc1CC1COC(C)(C)O1.COc1ccc(C2CCN(C)CC2)cc1CC1COC(C)(C)O1.COc1ccc(C2CCN(C)CC2)cc1CCN1CCC(n2ccc3ccc(C(N)=O)cc32)CC1.[I-]. The van der Waals surface area contributed by atoms with E-state index >= 15 is 0 Å². The van der Waals surface area contributed by atoms with Crippen molar-refractivity contribution in [1.82, 2.24) is 29.2 Å². The Balaban J connectivity index is 0.000000146. The van der Waals surface area contributed by atoms with Gasteiger partial charge >= 0.3 is 0 Å². The van der Waals surface area contributed by atoms with Crippen LogP contribution in [-0.2, 0) is 77.0 Å². The first-order chi connectivity index (χ1) is 60.5. The second-order valence-corrected chi connectivity index (χ2v) is 36.9. The van der Waals surface area contributed by atoms with Gasteiger partial charge in [0.25, 0.3) is 0 Å². The van der Waals surface area contributed by atoms with E-state index in [1.165, 1.54) is 102 Å². The quantitative estimate of drug-likeness (QED) is 0.0468. The van der Waals surface area contributed by atoms with Crippen LogP contribution in [0.2, 0.25) is 0 Å². The average molecular weight is 1850 g/mol. The molecule has 6 aromatic carbocycles. The summed E-state index contributed by atoms with van der Waals surface area (Å²) in [4.78, 5) is 25.5. The summed E-state index contributed by atoms with van der Waals surface area (Å²) < 4.78 is 78.6. The van der Waals surface area contributed by atoms with Gasteiger partial charge < -0.3 is 115 Å². The number of aromatic nitrogens is 3. The summed E-state index contributed by atoms with van der Waals surface area (Å²) in [5.41, 5.74) is 23.5. The normalized spacial score (nSPS) is 21.3. The lowest BCUT2D eigenvalue weighted by Gasteiger charge is -2.33. The molecule has 0 radical (unpaired) electrons. The van der Waals surface area contributed by atoms with E-state index in [1.807, 2.05) is 109 Å². The number of hydrogen-bond donors (Lipinski definition) is 1. The molecule has 7 fully saturated rings. The molecule has 7 saturated heterocycles. The number of ether oxygens (including phenoxy) is 13. The summed E-state index contributed by atoms with van der Waals surface area (Å²) in [5.74, 6) is 3.68. The Bertz CT molecular complexity index is 5050. The zero-order valence-corrected chi connectivity index (χ0v) is 80.4. The third-order valence-corrected chi connectivity index (χ3v) is 25.7. The Morgan fingerprint density at radius 2 is 0.850 bits per heavy atom.